The molecule has 0 saturated carbocycles. The second-order valence-electron chi connectivity index (χ2n) is 4.24. The number of nitrogens with one attached hydrogen (secondary N) is 1. The van der Waals surface area contributed by atoms with Crippen molar-refractivity contribution in [1.82, 2.24) is 5.32 Å². The monoisotopic (exact) mass is 268 g/mol. The molecule has 1 aliphatic carbocycles. The van der Waals surface area contributed by atoms with E-state index in [2.05, 4.69) is 5.32 Å². The number of nitrogens with two attached hydrogens (primary N) is 1. The Morgan fingerprint density at radius 2 is 2.24 bits per heavy atom. The number of thiophene rings is 1. The standard InChI is InChI=1S/C12H16N2OS2/c13-11(16)5-6-14-12(15)10-7-8-3-1-2-4-9(8)17-10/h7H,1-6H2,(H2,13,16)(H,14,15). The molecule has 0 aliphatic heterocycles. The van der Waals surface area contributed by atoms with Crippen molar-refractivity contribution in [1.29, 1.82) is 0 Å². The Bertz CT molecular complexity index is 416. The van der Waals surface area contributed by atoms with Gasteiger partial charge in [-0.1, -0.05) is 12.2 Å². The van der Waals surface area contributed by atoms with Crippen molar-refractivity contribution in [2.45, 2.75) is 32.1 Å². The highest BCUT2D eigenvalue weighted by Crippen LogP contribution is 2.29. The predicted molar refractivity (Wildman–Crippen MR) is 74.7 cm³/mol. The van der Waals surface area contributed by atoms with Crippen LogP contribution in [0.5, 0.6) is 0 Å². The van der Waals surface area contributed by atoms with E-state index in [0.29, 0.717) is 18.0 Å². The van der Waals surface area contributed by atoms with E-state index in [1.807, 2.05) is 6.07 Å². The quantitative estimate of drug-likeness (QED) is 0.822. The zero-order valence-corrected chi connectivity index (χ0v) is 11.3. The molecule has 0 unspecified atom stereocenters. The Morgan fingerprint density at radius 1 is 1.47 bits per heavy atom. The first kappa shape index (κ1) is 12.5. The number of aryl methyl sites for hydroxylation is 2. The van der Waals surface area contributed by atoms with E-state index in [1.54, 1.807) is 11.3 Å². The summed E-state index contributed by atoms with van der Waals surface area (Å²) in [5.41, 5.74) is 6.74. The largest absolute Gasteiger partial charge is 0.393 e. The van der Waals surface area contributed by atoms with E-state index in [4.69, 9.17) is 18.0 Å². The molecule has 17 heavy (non-hydrogen) atoms. The molecule has 1 aromatic rings. The van der Waals surface area contributed by atoms with Gasteiger partial charge in [-0.2, -0.15) is 0 Å². The molecule has 0 aromatic carbocycles. The van der Waals surface area contributed by atoms with Gasteiger partial charge in [0, 0.05) is 17.8 Å². The highest BCUT2D eigenvalue weighted by molar-refractivity contribution is 7.80. The van der Waals surface area contributed by atoms with Gasteiger partial charge in [-0.3, -0.25) is 4.79 Å². The molecule has 0 atom stereocenters. The van der Waals surface area contributed by atoms with Crippen LogP contribution >= 0.6 is 23.6 Å². The molecule has 1 amide bonds. The lowest BCUT2D eigenvalue weighted by molar-refractivity contribution is 0.0959. The molecule has 0 bridgehead atoms. The first-order valence-corrected chi connectivity index (χ1v) is 7.07. The Balaban J connectivity index is 1.95. The third kappa shape index (κ3) is 3.26. The molecule has 0 saturated heterocycles. The van der Waals surface area contributed by atoms with Crippen LogP contribution < -0.4 is 11.1 Å². The third-order valence-corrected chi connectivity index (χ3v) is 4.32. The SMILES string of the molecule is NC(=S)CCNC(=O)c1cc2c(s1)CCCC2. The molecule has 2 rings (SSSR count). The molecule has 3 N–H and O–H groups in total. The summed E-state index contributed by atoms with van der Waals surface area (Å²) in [6.07, 6.45) is 5.29. The van der Waals surface area contributed by atoms with Crippen LogP contribution in [0.2, 0.25) is 0 Å². The highest BCUT2D eigenvalue weighted by Gasteiger charge is 2.16. The van der Waals surface area contributed by atoms with Gasteiger partial charge in [0.2, 0.25) is 0 Å². The van der Waals surface area contributed by atoms with Crippen LogP contribution in [0.15, 0.2) is 6.07 Å². The number of rotatable bonds is 4. The van der Waals surface area contributed by atoms with Gasteiger partial charge in [-0.25, -0.2) is 0 Å². The molecule has 5 heteroatoms. The van der Waals surface area contributed by atoms with Crippen molar-refractivity contribution in [3.63, 3.8) is 0 Å². The Morgan fingerprint density at radius 3 is 2.94 bits per heavy atom. The van der Waals surface area contributed by atoms with E-state index in [9.17, 15) is 4.79 Å². The van der Waals surface area contributed by atoms with Crippen LogP contribution in [0, 0.1) is 0 Å². The molecular weight excluding hydrogens is 252 g/mol. The van der Waals surface area contributed by atoms with E-state index < -0.39 is 0 Å². The zero-order chi connectivity index (χ0) is 12.3. The fraction of sp³-hybridized carbons (Fsp3) is 0.500. The first-order valence-electron chi connectivity index (χ1n) is 5.85. The lowest BCUT2D eigenvalue weighted by atomic mass is 9.99. The zero-order valence-electron chi connectivity index (χ0n) is 9.62. The van der Waals surface area contributed by atoms with Crippen LogP contribution in [0.3, 0.4) is 0 Å². The van der Waals surface area contributed by atoms with Crippen LogP contribution in [-0.2, 0) is 12.8 Å². The number of carbonyl (C=O) groups excluding carboxylic acids is 1. The summed E-state index contributed by atoms with van der Waals surface area (Å²) in [6, 6.07) is 2.04. The van der Waals surface area contributed by atoms with E-state index in [0.717, 1.165) is 17.7 Å². The van der Waals surface area contributed by atoms with E-state index in [1.165, 1.54) is 23.3 Å². The van der Waals surface area contributed by atoms with Crippen molar-refractivity contribution in [3.05, 3.63) is 21.4 Å². The lowest BCUT2D eigenvalue weighted by Gasteiger charge is -2.08. The summed E-state index contributed by atoms with van der Waals surface area (Å²) in [5, 5.41) is 2.84. The van der Waals surface area contributed by atoms with Crippen LogP contribution in [0.4, 0.5) is 0 Å². The van der Waals surface area contributed by atoms with Crippen LogP contribution in [0.25, 0.3) is 0 Å². The van der Waals surface area contributed by atoms with Gasteiger partial charge in [-0.15, -0.1) is 11.3 Å². The van der Waals surface area contributed by atoms with Crippen molar-refractivity contribution in [3.8, 4) is 0 Å². The summed E-state index contributed by atoms with van der Waals surface area (Å²) >= 11 is 6.39. The van der Waals surface area contributed by atoms with Gasteiger partial charge in [0.05, 0.1) is 9.87 Å². The van der Waals surface area contributed by atoms with E-state index in [-0.39, 0.29) is 5.91 Å². The van der Waals surface area contributed by atoms with Crippen molar-refractivity contribution < 1.29 is 4.79 Å². The van der Waals surface area contributed by atoms with Crippen molar-refractivity contribution in [2.75, 3.05) is 6.54 Å². The molecule has 1 heterocycles. The Kier molecular flexibility index (Phi) is 4.12. The summed E-state index contributed by atoms with van der Waals surface area (Å²) in [5.74, 6) is 0.000602. The van der Waals surface area contributed by atoms with Gasteiger partial charge in [0.1, 0.15) is 0 Å². The predicted octanol–water partition coefficient (Wildman–Crippen LogP) is 2.03. The second-order valence-corrected chi connectivity index (χ2v) is 5.90. The smallest absolute Gasteiger partial charge is 0.261 e. The molecule has 1 aromatic heterocycles. The normalized spacial score (nSPS) is 14.1. The van der Waals surface area contributed by atoms with Gasteiger partial charge < -0.3 is 11.1 Å². The summed E-state index contributed by atoms with van der Waals surface area (Å²) in [7, 11) is 0. The molecule has 3 nitrogen and oxygen atoms in total. The maximum absolute atomic E-state index is 11.9. The third-order valence-electron chi connectivity index (χ3n) is 2.88. The molecule has 92 valence electrons. The minimum atomic E-state index is 0.000602. The number of hydrogen-bond acceptors (Lipinski definition) is 3. The van der Waals surface area contributed by atoms with Crippen molar-refractivity contribution >= 4 is 34.5 Å². The van der Waals surface area contributed by atoms with E-state index >= 15 is 0 Å². The lowest BCUT2D eigenvalue weighted by Crippen LogP contribution is -2.26. The number of carbonyl (C=O) groups is 1. The summed E-state index contributed by atoms with van der Waals surface area (Å²) in [6.45, 7) is 0.525. The fourth-order valence-electron chi connectivity index (χ4n) is 1.99. The molecule has 0 spiro atoms. The number of fused-ring (bicyclic) bond motifs is 1. The average molecular weight is 268 g/mol. The Labute approximate surface area is 110 Å². The van der Waals surface area contributed by atoms with Crippen LogP contribution in [0.1, 0.15) is 39.4 Å². The van der Waals surface area contributed by atoms with Gasteiger partial charge in [0.25, 0.3) is 5.91 Å². The highest BCUT2D eigenvalue weighted by atomic mass is 32.1. The topological polar surface area (TPSA) is 55.1 Å². The number of hydrogen-bond donors (Lipinski definition) is 2. The fourth-order valence-corrected chi connectivity index (χ4v) is 3.26. The minimum absolute atomic E-state index is 0.000602. The molecule has 1 aliphatic rings. The van der Waals surface area contributed by atoms with Gasteiger partial charge >= 0.3 is 0 Å². The molecular formula is C12H16N2OS2. The number of amides is 1. The maximum atomic E-state index is 11.9. The summed E-state index contributed by atoms with van der Waals surface area (Å²) in [4.78, 5) is 14.5. The minimum Gasteiger partial charge on any atom is -0.393 e. The number of thiocarbonyl (C=S) groups is 1. The first-order chi connectivity index (χ1) is 8.16. The average Bonchev–Trinajstić information content (AvgIpc) is 2.71. The molecule has 0 fully saturated rings. The van der Waals surface area contributed by atoms with Gasteiger partial charge in [0.15, 0.2) is 0 Å². The second kappa shape index (κ2) is 5.60. The molecule has 0 radical (unpaired) electrons. The Hall–Kier alpha value is -0.940. The maximum Gasteiger partial charge on any atom is 0.261 e. The van der Waals surface area contributed by atoms with Crippen LogP contribution in [-0.4, -0.2) is 17.4 Å². The summed E-state index contributed by atoms with van der Waals surface area (Å²) < 4.78 is 0. The van der Waals surface area contributed by atoms with Crippen molar-refractivity contribution in [2.24, 2.45) is 5.73 Å². The van der Waals surface area contributed by atoms with Gasteiger partial charge in [-0.05, 0) is 37.3 Å².